The van der Waals surface area contributed by atoms with Crippen molar-refractivity contribution in [3.8, 4) is 5.88 Å². The third-order valence-electron chi connectivity index (χ3n) is 3.98. The zero-order valence-electron chi connectivity index (χ0n) is 13.5. The van der Waals surface area contributed by atoms with Gasteiger partial charge in [0, 0.05) is 0 Å². The number of fused-ring (bicyclic) bond motifs is 1. The summed E-state index contributed by atoms with van der Waals surface area (Å²) in [5, 5.41) is 30.6. The molecule has 4 atom stereocenters. The van der Waals surface area contributed by atoms with Crippen molar-refractivity contribution in [2.24, 2.45) is 0 Å². The van der Waals surface area contributed by atoms with Crippen LogP contribution in [0.2, 0.25) is 0 Å². The molecule has 0 amide bonds. The van der Waals surface area contributed by atoms with Crippen molar-refractivity contribution in [1.82, 2.24) is 19.5 Å². The maximum atomic E-state index is 10.9. The molecule has 10 heteroatoms. The van der Waals surface area contributed by atoms with E-state index in [2.05, 4.69) is 27.3 Å². The average molecular weight is 349 g/mol. The summed E-state index contributed by atoms with van der Waals surface area (Å²) in [6.07, 6.45) is -1.01. The van der Waals surface area contributed by atoms with Crippen molar-refractivity contribution in [3.05, 3.63) is 24.7 Å². The SMILES string of the molecule is C=C=C[C@@]1(O)[C@H](O)[C@@H](CO)O[C@H]1n1cnc2c(OCC)nc(N)nc21. The fourth-order valence-corrected chi connectivity index (χ4v) is 2.86. The van der Waals surface area contributed by atoms with E-state index in [4.69, 9.17) is 15.2 Å². The summed E-state index contributed by atoms with van der Waals surface area (Å²) in [6, 6.07) is 0. The highest BCUT2D eigenvalue weighted by Crippen LogP contribution is 2.41. The van der Waals surface area contributed by atoms with Crippen molar-refractivity contribution in [2.45, 2.75) is 31.0 Å². The molecule has 0 aliphatic carbocycles. The van der Waals surface area contributed by atoms with E-state index >= 15 is 0 Å². The van der Waals surface area contributed by atoms with Gasteiger partial charge in [0.05, 0.1) is 19.5 Å². The first-order valence-electron chi connectivity index (χ1n) is 7.62. The molecule has 1 saturated heterocycles. The van der Waals surface area contributed by atoms with Crippen LogP contribution in [0.5, 0.6) is 5.88 Å². The normalized spacial score (nSPS) is 28.9. The Morgan fingerprint density at radius 1 is 1.56 bits per heavy atom. The van der Waals surface area contributed by atoms with Crippen LogP contribution >= 0.6 is 0 Å². The topological polar surface area (TPSA) is 149 Å². The standard InChI is InChI=1S/C15H19N5O5/c1-3-5-15(23)10(22)8(6-21)25-13(15)20-7-17-9-11(20)18-14(16)19-12(9)24-4-2/h5,7-8,10,13,21-23H,1,4,6H2,2H3,(H2,16,18,19)/t8-,10-,13-,15-/m1/s1. The number of anilines is 1. The number of aromatic nitrogens is 4. The summed E-state index contributed by atoms with van der Waals surface area (Å²) in [5.74, 6) is 0.154. The van der Waals surface area contributed by atoms with Crippen molar-refractivity contribution in [1.29, 1.82) is 0 Å². The van der Waals surface area contributed by atoms with Gasteiger partial charge in [0.15, 0.2) is 23.0 Å². The van der Waals surface area contributed by atoms with E-state index in [1.807, 2.05) is 0 Å². The minimum absolute atomic E-state index is 0.0437. The first-order valence-corrected chi connectivity index (χ1v) is 7.62. The van der Waals surface area contributed by atoms with E-state index in [9.17, 15) is 15.3 Å². The Morgan fingerprint density at radius 2 is 2.32 bits per heavy atom. The van der Waals surface area contributed by atoms with Crippen LogP contribution in [0.3, 0.4) is 0 Å². The number of aliphatic hydroxyl groups is 3. The van der Waals surface area contributed by atoms with Gasteiger partial charge in [0.2, 0.25) is 11.8 Å². The maximum Gasteiger partial charge on any atom is 0.247 e. The number of imidazole rings is 1. The minimum atomic E-state index is -1.89. The third-order valence-corrected chi connectivity index (χ3v) is 3.98. The number of hydrogen-bond acceptors (Lipinski definition) is 9. The highest BCUT2D eigenvalue weighted by atomic mass is 16.6. The molecule has 1 aliphatic heterocycles. The van der Waals surface area contributed by atoms with Crippen molar-refractivity contribution >= 4 is 17.1 Å². The molecule has 5 N–H and O–H groups in total. The molecule has 3 heterocycles. The molecular weight excluding hydrogens is 330 g/mol. The van der Waals surface area contributed by atoms with E-state index in [1.54, 1.807) is 6.92 Å². The lowest BCUT2D eigenvalue weighted by atomic mass is 9.94. The van der Waals surface area contributed by atoms with Gasteiger partial charge in [-0.05, 0) is 13.0 Å². The number of rotatable bonds is 5. The lowest BCUT2D eigenvalue weighted by molar-refractivity contribution is -0.0771. The molecular formula is C15H19N5O5. The van der Waals surface area contributed by atoms with Crippen molar-refractivity contribution in [2.75, 3.05) is 18.9 Å². The predicted octanol–water partition coefficient (Wildman–Crippen LogP) is -0.870. The Labute approximate surface area is 142 Å². The van der Waals surface area contributed by atoms with E-state index in [0.717, 1.165) is 0 Å². The Morgan fingerprint density at radius 3 is 2.96 bits per heavy atom. The lowest BCUT2D eigenvalue weighted by Crippen LogP contribution is -2.45. The van der Waals surface area contributed by atoms with Crippen LogP contribution < -0.4 is 10.5 Å². The lowest BCUT2D eigenvalue weighted by Gasteiger charge is -2.27. The van der Waals surface area contributed by atoms with Crippen molar-refractivity contribution in [3.63, 3.8) is 0 Å². The fourth-order valence-electron chi connectivity index (χ4n) is 2.86. The van der Waals surface area contributed by atoms with Gasteiger partial charge in [-0.2, -0.15) is 9.97 Å². The van der Waals surface area contributed by atoms with Crippen LogP contribution in [-0.4, -0.2) is 65.9 Å². The van der Waals surface area contributed by atoms with Crippen LogP contribution in [0.25, 0.3) is 11.2 Å². The molecule has 1 aliphatic rings. The molecule has 0 bridgehead atoms. The van der Waals surface area contributed by atoms with Gasteiger partial charge in [0.1, 0.15) is 12.2 Å². The second-order valence-electron chi connectivity index (χ2n) is 5.53. The second-order valence-corrected chi connectivity index (χ2v) is 5.53. The van der Waals surface area contributed by atoms with E-state index < -0.39 is 30.6 Å². The van der Waals surface area contributed by atoms with Crippen LogP contribution in [0.15, 0.2) is 24.7 Å². The van der Waals surface area contributed by atoms with Gasteiger partial charge in [-0.25, -0.2) is 4.98 Å². The van der Waals surface area contributed by atoms with Crippen LogP contribution in [0, 0.1) is 0 Å². The Balaban J connectivity index is 2.16. The smallest absolute Gasteiger partial charge is 0.247 e. The summed E-state index contributed by atoms with van der Waals surface area (Å²) in [4.78, 5) is 12.3. The number of aliphatic hydroxyl groups excluding tert-OH is 2. The monoisotopic (exact) mass is 349 g/mol. The van der Waals surface area contributed by atoms with Crippen LogP contribution in [-0.2, 0) is 4.74 Å². The molecule has 0 spiro atoms. The van der Waals surface area contributed by atoms with Gasteiger partial charge in [-0.3, -0.25) is 4.57 Å². The minimum Gasteiger partial charge on any atom is -0.476 e. The zero-order valence-corrected chi connectivity index (χ0v) is 13.5. The quantitative estimate of drug-likeness (QED) is 0.505. The molecule has 2 aromatic rings. The summed E-state index contributed by atoms with van der Waals surface area (Å²) in [6.45, 7) is 5.08. The number of nitrogen functional groups attached to an aromatic ring is 1. The highest BCUT2D eigenvalue weighted by Gasteiger charge is 2.55. The molecule has 3 rings (SSSR count). The summed E-state index contributed by atoms with van der Waals surface area (Å²) < 4.78 is 12.4. The fraction of sp³-hybridized carbons (Fsp3) is 0.467. The van der Waals surface area contributed by atoms with Crippen LogP contribution in [0.1, 0.15) is 13.2 Å². The molecule has 0 saturated carbocycles. The number of nitrogens with zero attached hydrogens (tertiary/aromatic N) is 4. The summed E-state index contributed by atoms with van der Waals surface area (Å²) in [5.41, 5.74) is 6.85. The summed E-state index contributed by atoms with van der Waals surface area (Å²) >= 11 is 0. The Bertz CT molecular complexity index is 833. The largest absolute Gasteiger partial charge is 0.476 e. The number of hydrogen-bond donors (Lipinski definition) is 4. The zero-order chi connectivity index (χ0) is 18.2. The molecule has 25 heavy (non-hydrogen) atoms. The maximum absolute atomic E-state index is 10.9. The van der Waals surface area contributed by atoms with Gasteiger partial charge < -0.3 is 30.5 Å². The molecule has 134 valence electrons. The van der Waals surface area contributed by atoms with Gasteiger partial charge in [-0.15, -0.1) is 5.73 Å². The Kier molecular flexibility index (Phi) is 4.46. The number of nitrogens with two attached hydrogens (primary N) is 1. The first kappa shape index (κ1) is 17.3. The van der Waals surface area contributed by atoms with E-state index in [1.165, 1.54) is 17.0 Å². The second kappa shape index (κ2) is 6.43. The molecule has 0 radical (unpaired) electrons. The molecule has 10 nitrogen and oxygen atoms in total. The van der Waals surface area contributed by atoms with E-state index in [0.29, 0.717) is 12.1 Å². The van der Waals surface area contributed by atoms with E-state index in [-0.39, 0.29) is 17.5 Å². The van der Waals surface area contributed by atoms with Crippen molar-refractivity contribution < 1.29 is 24.8 Å². The molecule has 0 unspecified atom stereocenters. The number of ether oxygens (including phenoxy) is 2. The third kappa shape index (κ3) is 2.66. The van der Waals surface area contributed by atoms with Gasteiger partial charge in [-0.1, -0.05) is 6.58 Å². The molecule has 1 fully saturated rings. The van der Waals surface area contributed by atoms with Crippen LogP contribution in [0.4, 0.5) is 5.95 Å². The molecule has 0 aromatic carbocycles. The van der Waals surface area contributed by atoms with Gasteiger partial charge in [0.25, 0.3) is 0 Å². The predicted molar refractivity (Wildman–Crippen MR) is 86.6 cm³/mol. The summed E-state index contributed by atoms with van der Waals surface area (Å²) in [7, 11) is 0. The first-order chi connectivity index (χ1) is 12.0. The molecule has 2 aromatic heterocycles. The van der Waals surface area contributed by atoms with Gasteiger partial charge >= 0.3 is 0 Å². The Hall–Kier alpha value is -2.49. The highest BCUT2D eigenvalue weighted by molar-refractivity contribution is 5.77. The average Bonchev–Trinajstić information content (AvgIpc) is 3.08.